The van der Waals surface area contributed by atoms with E-state index in [9.17, 15) is 9.59 Å². The predicted octanol–water partition coefficient (Wildman–Crippen LogP) is 3.72. The second-order valence-electron chi connectivity index (χ2n) is 8.57. The van der Waals surface area contributed by atoms with Gasteiger partial charge in [-0.3, -0.25) is 14.5 Å². The average Bonchev–Trinajstić information content (AvgIpc) is 3.35. The van der Waals surface area contributed by atoms with E-state index >= 15 is 0 Å². The van der Waals surface area contributed by atoms with Gasteiger partial charge >= 0.3 is 0 Å². The van der Waals surface area contributed by atoms with E-state index in [2.05, 4.69) is 15.2 Å². The molecular formula is C25H26N4O3. The van der Waals surface area contributed by atoms with E-state index in [1.165, 1.54) is 0 Å². The molecule has 3 aromatic rings. The van der Waals surface area contributed by atoms with Gasteiger partial charge in [0.25, 0.3) is 0 Å². The monoisotopic (exact) mass is 430 g/mol. The summed E-state index contributed by atoms with van der Waals surface area (Å²) < 4.78 is 5.93. The number of carbonyl (C=O) groups is 2. The van der Waals surface area contributed by atoms with Gasteiger partial charge in [-0.15, -0.1) is 0 Å². The number of rotatable bonds is 4. The van der Waals surface area contributed by atoms with Crippen LogP contribution in [0.1, 0.15) is 35.3 Å². The lowest BCUT2D eigenvalue weighted by atomic mass is 10.1. The van der Waals surface area contributed by atoms with Crippen molar-refractivity contribution in [2.24, 2.45) is 0 Å². The molecule has 164 valence electrons. The molecule has 2 amide bonds. The minimum atomic E-state index is -0.118. The smallest absolute Gasteiger partial charge is 0.246 e. The molecule has 1 N–H and O–H groups in total. The van der Waals surface area contributed by atoms with Crippen LogP contribution in [0, 0.1) is 6.92 Å². The first-order chi connectivity index (χ1) is 15.5. The van der Waals surface area contributed by atoms with Gasteiger partial charge in [-0.2, -0.15) is 0 Å². The number of nitrogens with zero attached hydrogens (tertiary/aromatic N) is 3. The number of aryl methyl sites for hydroxylation is 1. The molecule has 0 radical (unpaired) electrons. The molecule has 0 saturated carbocycles. The van der Waals surface area contributed by atoms with Crippen LogP contribution < -0.4 is 5.32 Å². The maximum absolute atomic E-state index is 12.7. The standard InChI is InChI=1S/C25H26N4O3/c1-16-19-6-3-4-8-21(19)32-22(16)15-28(2)23(30)10-9-17-12-18-14-29-11-5-7-20(29)25(31)27-24(18)26-13-17/h3-4,6,8-10,12-13,20H,5,7,11,14-15H2,1-2H3,(H,26,27,31)/b10-9+/t20-/m0/s1. The van der Waals surface area contributed by atoms with Crippen LogP contribution in [0.25, 0.3) is 17.0 Å². The number of fused-ring (bicyclic) bond motifs is 3. The van der Waals surface area contributed by atoms with Gasteiger partial charge in [0.1, 0.15) is 17.2 Å². The molecule has 0 unspecified atom stereocenters. The summed E-state index contributed by atoms with van der Waals surface area (Å²) in [5.74, 6) is 1.31. The fourth-order valence-corrected chi connectivity index (χ4v) is 4.55. The van der Waals surface area contributed by atoms with Gasteiger partial charge in [0.05, 0.1) is 12.6 Å². The van der Waals surface area contributed by atoms with E-state index in [1.807, 2.05) is 37.3 Å². The minimum Gasteiger partial charge on any atom is -0.459 e. The van der Waals surface area contributed by atoms with Crippen molar-refractivity contribution in [2.75, 3.05) is 18.9 Å². The maximum Gasteiger partial charge on any atom is 0.246 e. The van der Waals surface area contributed by atoms with Crippen LogP contribution in [0.15, 0.2) is 47.0 Å². The van der Waals surface area contributed by atoms with Crippen LogP contribution in [0.4, 0.5) is 5.82 Å². The molecule has 32 heavy (non-hydrogen) atoms. The third kappa shape index (κ3) is 3.80. The van der Waals surface area contributed by atoms with Crippen molar-refractivity contribution in [3.05, 3.63) is 65.1 Å². The number of benzene rings is 1. The van der Waals surface area contributed by atoms with Crippen molar-refractivity contribution in [1.82, 2.24) is 14.8 Å². The fraction of sp³-hybridized carbons (Fsp3) is 0.320. The fourth-order valence-electron chi connectivity index (χ4n) is 4.55. The average molecular weight is 431 g/mol. The lowest BCUT2D eigenvalue weighted by Gasteiger charge is -2.19. The van der Waals surface area contributed by atoms with Crippen molar-refractivity contribution >= 4 is 34.7 Å². The minimum absolute atomic E-state index is 0.0229. The number of para-hydroxylation sites is 1. The van der Waals surface area contributed by atoms with Gasteiger partial charge in [0.2, 0.25) is 11.8 Å². The Labute approximate surface area is 186 Å². The Bertz CT molecular complexity index is 1230. The summed E-state index contributed by atoms with van der Waals surface area (Å²) >= 11 is 0. The van der Waals surface area contributed by atoms with E-state index in [0.29, 0.717) is 18.9 Å². The van der Waals surface area contributed by atoms with E-state index in [0.717, 1.165) is 52.8 Å². The number of pyridine rings is 1. The number of hydrogen-bond donors (Lipinski definition) is 1. The molecule has 1 saturated heterocycles. The van der Waals surface area contributed by atoms with Crippen molar-refractivity contribution in [3.8, 4) is 0 Å². The second-order valence-corrected chi connectivity index (χ2v) is 8.57. The first-order valence-electron chi connectivity index (χ1n) is 10.9. The van der Waals surface area contributed by atoms with Crippen LogP contribution >= 0.6 is 0 Å². The summed E-state index contributed by atoms with van der Waals surface area (Å²) in [6.07, 6.45) is 6.92. The van der Waals surface area contributed by atoms with Crippen molar-refractivity contribution in [1.29, 1.82) is 0 Å². The normalized spacial score (nSPS) is 18.4. The summed E-state index contributed by atoms with van der Waals surface area (Å²) in [6, 6.07) is 9.81. The van der Waals surface area contributed by atoms with E-state index in [4.69, 9.17) is 4.42 Å². The van der Waals surface area contributed by atoms with Gasteiger partial charge in [0, 0.05) is 42.4 Å². The van der Waals surface area contributed by atoms with Crippen LogP contribution in [0.5, 0.6) is 0 Å². The highest BCUT2D eigenvalue weighted by molar-refractivity contribution is 5.96. The SMILES string of the molecule is Cc1c(CN(C)C(=O)/C=C/c2cnc3c(c2)CN2CCC[C@H]2C(=O)N3)oc2ccccc12. The highest BCUT2D eigenvalue weighted by Crippen LogP contribution is 2.28. The summed E-state index contributed by atoms with van der Waals surface area (Å²) in [6.45, 7) is 4.02. The number of nitrogens with one attached hydrogen (secondary N) is 1. The Balaban J connectivity index is 1.29. The van der Waals surface area contributed by atoms with Gasteiger partial charge in [-0.1, -0.05) is 18.2 Å². The Morgan fingerprint density at radius 2 is 2.22 bits per heavy atom. The molecule has 2 aromatic heterocycles. The van der Waals surface area contributed by atoms with Gasteiger partial charge in [-0.05, 0) is 50.1 Å². The highest BCUT2D eigenvalue weighted by atomic mass is 16.3. The maximum atomic E-state index is 12.7. The summed E-state index contributed by atoms with van der Waals surface area (Å²) in [5, 5.41) is 4.02. The van der Waals surface area contributed by atoms with Crippen molar-refractivity contribution in [2.45, 2.75) is 38.9 Å². The molecular weight excluding hydrogens is 404 g/mol. The first-order valence-corrected chi connectivity index (χ1v) is 10.9. The molecule has 2 aliphatic rings. The third-order valence-electron chi connectivity index (χ3n) is 6.39. The van der Waals surface area contributed by atoms with Crippen LogP contribution in [0.2, 0.25) is 0 Å². The van der Waals surface area contributed by atoms with E-state index in [1.54, 1.807) is 30.3 Å². The summed E-state index contributed by atoms with van der Waals surface area (Å²) in [4.78, 5) is 33.4. The number of anilines is 1. The Morgan fingerprint density at radius 3 is 3.06 bits per heavy atom. The van der Waals surface area contributed by atoms with Gasteiger partial charge < -0.3 is 14.6 Å². The first kappa shape index (κ1) is 20.5. The number of carbonyl (C=O) groups excluding carboxylic acids is 2. The zero-order chi connectivity index (χ0) is 22.2. The van der Waals surface area contributed by atoms with Crippen LogP contribution in [-0.4, -0.2) is 46.2 Å². The number of likely N-dealkylation sites (N-methyl/N-ethyl adjacent to an activating group) is 1. The van der Waals surface area contributed by atoms with Crippen molar-refractivity contribution < 1.29 is 14.0 Å². The zero-order valence-electron chi connectivity index (χ0n) is 18.3. The number of hydrogen-bond acceptors (Lipinski definition) is 5. The lowest BCUT2D eigenvalue weighted by Crippen LogP contribution is -2.36. The molecule has 0 spiro atoms. The molecule has 1 atom stereocenters. The third-order valence-corrected chi connectivity index (χ3v) is 6.39. The summed E-state index contributed by atoms with van der Waals surface area (Å²) in [7, 11) is 1.76. The predicted molar refractivity (Wildman–Crippen MR) is 123 cm³/mol. The zero-order valence-corrected chi connectivity index (χ0v) is 18.3. The molecule has 5 rings (SSSR count). The van der Waals surface area contributed by atoms with E-state index in [-0.39, 0.29) is 17.9 Å². The number of furan rings is 1. The van der Waals surface area contributed by atoms with Gasteiger partial charge in [-0.25, -0.2) is 4.98 Å². The molecule has 4 heterocycles. The van der Waals surface area contributed by atoms with Crippen molar-refractivity contribution in [3.63, 3.8) is 0 Å². The Morgan fingerprint density at radius 1 is 1.38 bits per heavy atom. The van der Waals surface area contributed by atoms with Gasteiger partial charge in [0.15, 0.2) is 0 Å². The molecule has 7 nitrogen and oxygen atoms in total. The topological polar surface area (TPSA) is 78.7 Å². The lowest BCUT2D eigenvalue weighted by molar-refractivity contribution is -0.125. The number of aromatic nitrogens is 1. The Hall–Kier alpha value is -3.45. The number of amides is 2. The molecule has 7 heteroatoms. The summed E-state index contributed by atoms with van der Waals surface area (Å²) in [5.41, 5.74) is 3.70. The van der Waals surface area contributed by atoms with Crippen LogP contribution in [0.3, 0.4) is 0 Å². The highest BCUT2D eigenvalue weighted by Gasteiger charge is 2.34. The van der Waals surface area contributed by atoms with Crippen LogP contribution in [-0.2, 0) is 22.7 Å². The second kappa shape index (κ2) is 8.24. The molecule has 0 aliphatic carbocycles. The quantitative estimate of drug-likeness (QED) is 0.638. The van der Waals surface area contributed by atoms with E-state index < -0.39 is 0 Å². The molecule has 2 aliphatic heterocycles. The molecule has 0 bridgehead atoms. The molecule has 1 aromatic carbocycles. The Kier molecular flexibility index (Phi) is 5.27. The molecule has 1 fully saturated rings. The largest absolute Gasteiger partial charge is 0.459 e.